The van der Waals surface area contributed by atoms with Crippen molar-refractivity contribution in [3.63, 3.8) is 0 Å². The van der Waals surface area contributed by atoms with Gasteiger partial charge >= 0.3 is 0 Å². The Bertz CT molecular complexity index is 549. The zero-order chi connectivity index (χ0) is 12.3. The summed E-state index contributed by atoms with van der Waals surface area (Å²) in [7, 11) is 0. The van der Waals surface area contributed by atoms with Crippen molar-refractivity contribution in [3.05, 3.63) is 40.8 Å². The van der Waals surface area contributed by atoms with Gasteiger partial charge < -0.3 is 5.11 Å². The van der Waals surface area contributed by atoms with Gasteiger partial charge in [-0.3, -0.25) is 0 Å². The highest BCUT2D eigenvalue weighted by Crippen LogP contribution is 2.37. The van der Waals surface area contributed by atoms with Crippen LogP contribution >= 0.6 is 0 Å². The first kappa shape index (κ1) is 11.6. The monoisotopic (exact) mass is 229 g/mol. The molecule has 2 aromatic carbocycles. The summed E-state index contributed by atoms with van der Waals surface area (Å²) in [5.74, 6) is -0.0450. The SMILES string of the molecule is CCCCc1cccc2ccc(O)c(N=O)c12. The van der Waals surface area contributed by atoms with Crippen molar-refractivity contribution in [1.29, 1.82) is 0 Å². The lowest BCUT2D eigenvalue weighted by atomic mass is 9.98. The maximum Gasteiger partial charge on any atom is 0.157 e. The highest BCUT2D eigenvalue weighted by Gasteiger charge is 2.10. The van der Waals surface area contributed by atoms with E-state index in [1.54, 1.807) is 0 Å². The Hall–Kier alpha value is -1.90. The van der Waals surface area contributed by atoms with Crippen LogP contribution in [0.1, 0.15) is 25.3 Å². The van der Waals surface area contributed by atoms with Crippen LogP contribution in [-0.2, 0) is 6.42 Å². The third kappa shape index (κ3) is 2.13. The molecule has 3 heteroatoms. The van der Waals surface area contributed by atoms with Crippen molar-refractivity contribution in [2.45, 2.75) is 26.2 Å². The lowest BCUT2D eigenvalue weighted by Crippen LogP contribution is -1.87. The Kier molecular flexibility index (Phi) is 3.38. The van der Waals surface area contributed by atoms with E-state index in [2.05, 4.69) is 12.1 Å². The molecule has 0 aliphatic heterocycles. The molecule has 0 fully saturated rings. The highest BCUT2D eigenvalue weighted by atomic mass is 16.3. The molecule has 2 aromatic rings. The third-order valence-electron chi connectivity index (χ3n) is 2.97. The average Bonchev–Trinajstić information content (AvgIpc) is 2.36. The van der Waals surface area contributed by atoms with Gasteiger partial charge in [0.2, 0.25) is 0 Å². The number of rotatable bonds is 4. The Morgan fingerprint density at radius 2 is 2.06 bits per heavy atom. The summed E-state index contributed by atoms with van der Waals surface area (Å²) in [6.45, 7) is 2.13. The van der Waals surface area contributed by atoms with E-state index in [-0.39, 0.29) is 11.4 Å². The molecule has 88 valence electrons. The van der Waals surface area contributed by atoms with Gasteiger partial charge in [0.1, 0.15) is 5.75 Å². The molecule has 0 saturated heterocycles. The van der Waals surface area contributed by atoms with Crippen LogP contribution in [0.2, 0.25) is 0 Å². The second kappa shape index (κ2) is 4.95. The van der Waals surface area contributed by atoms with E-state index < -0.39 is 0 Å². The predicted octanol–water partition coefficient (Wildman–Crippen LogP) is 4.29. The van der Waals surface area contributed by atoms with Crippen LogP contribution in [-0.4, -0.2) is 5.11 Å². The number of phenols is 1. The van der Waals surface area contributed by atoms with Gasteiger partial charge in [-0.1, -0.05) is 37.6 Å². The fourth-order valence-electron chi connectivity index (χ4n) is 2.09. The molecule has 0 unspecified atom stereocenters. The summed E-state index contributed by atoms with van der Waals surface area (Å²) >= 11 is 0. The molecule has 0 aliphatic rings. The number of nitroso groups, excluding NO2 is 1. The number of phenolic OH excluding ortho intramolecular Hbond substituents is 1. The minimum absolute atomic E-state index is 0.0450. The molecular formula is C14H15NO2. The molecule has 0 bridgehead atoms. The summed E-state index contributed by atoms with van der Waals surface area (Å²) in [5.41, 5.74) is 1.24. The normalized spacial score (nSPS) is 10.6. The molecule has 0 atom stereocenters. The van der Waals surface area contributed by atoms with E-state index in [1.165, 1.54) is 6.07 Å². The van der Waals surface area contributed by atoms with Gasteiger partial charge in [0.15, 0.2) is 5.69 Å². The Balaban J connectivity index is 2.66. The van der Waals surface area contributed by atoms with Crippen molar-refractivity contribution in [2.75, 3.05) is 0 Å². The molecular weight excluding hydrogens is 214 g/mol. The van der Waals surface area contributed by atoms with Gasteiger partial charge in [-0.05, 0) is 35.0 Å². The summed E-state index contributed by atoms with van der Waals surface area (Å²) in [6.07, 6.45) is 3.06. The van der Waals surface area contributed by atoms with Gasteiger partial charge in [-0.25, -0.2) is 0 Å². The maximum atomic E-state index is 10.9. The standard InChI is InChI=1S/C14H15NO2/c1-2-3-5-10-6-4-7-11-8-9-12(16)14(15-17)13(10)11/h4,6-9,16H,2-3,5H2,1H3. The fraction of sp³-hybridized carbons (Fsp3) is 0.286. The number of hydrogen-bond donors (Lipinski definition) is 1. The van der Waals surface area contributed by atoms with E-state index >= 15 is 0 Å². The maximum absolute atomic E-state index is 10.9. The largest absolute Gasteiger partial charge is 0.506 e. The van der Waals surface area contributed by atoms with E-state index in [4.69, 9.17) is 0 Å². The van der Waals surface area contributed by atoms with E-state index in [0.717, 1.165) is 35.6 Å². The number of unbranched alkanes of at least 4 members (excludes halogenated alkanes) is 1. The van der Waals surface area contributed by atoms with Crippen LogP contribution in [0.5, 0.6) is 5.75 Å². The minimum Gasteiger partial charge on any atom is -0.506 e. The van der Waals surface area contributed by atoms with Crippen molar-refractivity contribution < 1.29 is 5.11 Å². The molecule has 1 N–H and O–H groups in total. The van der Waals surface area contributed by atoms with Crippen LogP contribution in [0.4, 0.5) is 5.69 Å². The van der Waals surface area contributed by atoms with E-state index in [1.807, 2.05) is 24.3 Å². The number of aromatic hydroxyl groups is 1. The first-order chi connectivity index (χ1) is 8.27. The lowest BCUT2D eigenvalue weighted by molar-refractivity contribution is 0.477. The van der Waals surface area contributed by atoms with Crippen molar-refractivity contribution >= 4 is 16.5 Å². The smallest absolute Gasteiger partial charge is 0.157 e. The number of aryl methyl sites for hydroxylation is 1. The predicted molar refractivity (Wildman–Crippen MR) is 69.7 cm³/mol. The van der Waals surface area contributed by atoms with E-state index in [9.17, 15) is 10.0 Å². The quantitative estimate of drug-likeness (QED) is 0.795. The van der Waals surface area contributed by atoms with Gasteiger partial charge in [-0.15, -0.1) is 4.91 Å². The second-order valence-corrected chi connectivity index (χ2v) is 4.14. The first-order valence-electron chi connectivity index (χ1n) is 5.85. The molecule has 17 heavy (non-hydrogen) atoms. The summed E-state index contributed by atoms with van der Waals surface area (Å²) < 4.78 is 0. The van der Waals surface area contributed by atoms with Gasteiger partial charge in [0, 0.05) is 5.39 Å². The molecule has 0 saturated carbocycles. The molecule has 0 aromatic heterocycles. The van der Waals surface area contributed by atoms with Gasteiger partial charge in [0.25, 0.3) is 0 Å². The Morgan fingerprint density at radius 3 is 2.76 bits per heavy atom. The second-order valence-electron chi connectivity index (χ2n) is 4.14. The van der Waals surface area contributed by atoms with Crippen molar-refractivity contribution in [1.82, 2.24) is 0 Å². The number of fused-ring (bicyclic) bond motifs is 1. The molecule has 0 heterocycles. The summed E-state index contributed by atoms with van der Waals surface area (Å²) in [4.78, 5) is 10.9. The van der Waals surface area contributed by atoms with E-state index in [0.29, 0.717) is 0 Å². The van der Waals surface area contributed by atoms with Crippen LogP contribution in [0.3, 0.4) is 0 Å². The summed E-state index contributed by atoms with van der Waals surface area (Å²) in [6, 6.07) is 9.22. The number of nitrogens with zero attached hydrogens (tertiary/aromatic N) is 1. The van der Waals surface area contributed by atoms with Crippen molar-refractivity contribution in [3.8, 4) is 5.75 Å². The number of benzene rings is 2. The molecule has 3 nitrogen and oxygen atoms in total. The van der Waals surface area contributed by atoms with Crippen molar-refractivity contribution in [2.24, 2.45) is 5.18 Å². The summed E-state index contributed by atoms with van der Waals surface area (Å²) in [5, 5.41) is 14.4. The van der Waals surface area contributed by atoms with Crippen LogP contribution in [0.25, 0.3) is 10.8 Å². The van der Waals surface area contributed by atoms with Gasteiger partial charge in [-0.2, -0.15) is 0 Å². The van der Waals surface area contributed by atoms with Gasteiger partial charge in [0.05, 0.1) is 0 Å². The molecule has 0 spiro atoms. The van der Waals surface area contributed by atoms with Crippen LogP contribution < -0.4 is 0 Å². The zero-order valence-corrected chi connectivity index (χ0v) is 9.81. The zero-order valence-electron chi connectivity index (χ0n) is 9.81. The number of hydrogen-bond acceptors (Lipinski definition) is 3. The molecule has 0 aliphatic carbocycles. The molecule has 0 amide bonds. The minimum atomic E-state index is -0.0450. The third-order valence-corrected chi connectivity index (χ3v) is 2.97. The Morgan fingerprint density at radius 1 is 1.24 bits per heavy atom. The lowest BCUT2D eigenvalue weighted by Gasteiger charge is -2.08. The Labute approximate surface area is 100 Å². The first-order valence-corrected chi connectivity index (χ1v) is 5.85. The fourth-order valence-corrected chi connectivity index (χ4v) is 2.09. The van der Waals surface area contributed by atoms with Crippen LogP contribution in [0.15, 0.2) is 35.5 Å². The molecule has 2 rings (SSSR count). The highest BCUT2D eigenvalue weighted by molar-refractivity contribution is 5.97. The van der Waals surface area contributed by atoms with Crippen LogP contribution in [0, 0.1) is 4.91 Å². The topological polar surface area (TPSA) is 49.7 Å². The average molecular weight is 229 g/mol. The molecule has 0 radical (unpaired) electrons.